The third-order valence-electron chi connectivity index (χ3n) is 14.2. The first-order valence-electron chi connectivity index (χ1n) is 21.8. The molecule has 6 atom stereocenters. The molecule has 62 heavy (non-hydrogen) atoms. The summed E-state index contributed by atoms with van der Waals surface area (Å²) in [6.45, 7) is 11.0. The van der Waals surface area contributed by atoms with Gasteiger partial charge in [0.1, 0.15) is 40.4 Å². The van der Waals surface area contributed by atoms with Gasteiger partial charge in [0, 0.05) is 24.0 Å². The van der Waals surface area contributed by atoms with Crippen LogP contribution in [0.25, 0.3) is 44.6 Å². The van der Waals surface area contributed by atoms with Crippen molar-refractivity contribution >= 4 is 35.0 Å². The molecule has 0 radical (unpaired) electrons. The molecule has 1 unspecified atom stereocenters. The number of methoxy groups -OCH3 is 2. The van der Waals surface area contributed by atoms with Crippen LogP contribution in [0, 0.1) is 30.6 Å². The zero-order chi connectivity index (χ0) is 43.7. The maximum Gasteiger partial charge on any atom is 0.407 e. The van der Waals surface area contributed by atoms with Crippen LogP contribution in [-0.4, -0.2) is 93.1 Å². The standard InChI is InChI=1S/C47H56N8O7/c1-25(2)37(52-44(58)60-6)40(56)54-22-28-14-16-46(54,18-28)42-48-20-34(50-42)31-10-8-30(9-11-31)32-12-13-33(39-36(32)27(5)24-62-39)35-21-49-43(51-35)47-17-15-29(19-47)23-55(47)41(57)38(26(3)4)53-45(59)61-7/h8-13,20-21,24-26,28-29,37-38H,14-19,22-23H2,1-7H3,(H,48,50)(H,49,51)(H,52,58)(H,53,59)/t28-,29-,37-,38-,46?,47+/m0/s1. The summed E-state index contributed by atoms with van der Waals surface area (Å²) in [5.74, 6) is 1.79. The molecule has 326 valence electrons. The number of ether oxygens (including phenoxy) is 2. The molecule has 4 N–H and O–H groups in total. The Labute approximate surface area is 360 Å². The topological polar surface area (TPSA) is 188 Å². The highest BCUT2D eigenvalue weighted by molar-refractivity contribution is 6.03. The normalized spacial score (nSPS) is 23.7. The Morgan fingerprint density at radius 1 is 0.726 bits per heavy atom. The maximum atomic E-state index is 14.1. The van der Waals surface area contributed by atoms with Gasteiger partial charge in [-0.05, 0) is 97.4 Å². The molecule has 4 aliphatic rings. The quantitative estimate of drug-likeness (QED) is 0.104. The van der Waals surface area contributed by atoms with E-state index < -0.39 is 35.3 Å². The first-order valence-corrected chi connectivity index (χ1v) is 21.8. The number of carbonyl (C=O) groups excluding carboxylic acids is 4. The van der Waals surface area contributed by atoms with Crippen LogP contribution >= 0.6 is 0 Å². The highest BCUT2D eigenvalue weighted by Crippen LogP contribution is 2.54. The Balaban J connectivity index is 0.967. The summed E-state index contributed by atoms with van der Waals surface area (Å²) in [4.78, 5) is 73.3. The van der Waals surface area contributed by atoms with E-state index in [0.717, 1.165) is 100 Å². The maximum absolute atomic E-state index is 14.1. The third-order valence-corrected chi connectivity index (χ3v) is 14.2. The van der Waals surface area contributed by atoms with Gasteiger partial charge >= 0.3 is 12.2 Å². The minimum atomic E-state index is -0.714. The molecule has 5 heterocycles. The highest BCUT2D eigenvalue weighted by Gasteiger charge is 2.58. The zero-order valence-corrected chi connectivity index (χ0v) is 36.5. The second kappa shape index (κ2) is 15.7. The predicted molar refractivity (Wildman–Crippen MR) is 231 cm³/mol. The molecule has 4 fully saturated rings. The second-order valence-electron chi connectivity index (χ2n) is 18.5. The number of amides is 4. The van der Waals surface area contributed by atoms with Crippen LogP contribution in [0.2, 0.25) is 0 Å². The molecule has 4 bridgehead atoms. The zero-order valence-electron chi connectivity index (χ0n) is 36.5. The third kappa shape index (κ3) is 6.71. The number of hydrogen-bond acceptors (Lipinski definition) is 9. The molecule has 15 heteroatoms. The smallest absolute Gasteiger partial charge is 0.407 e. The van der Waals surface area contributed by atoms with Crippen LogP contribution in [0.3, 0.4) is 0 Å². The Morgan fingerprint density at radius 2 is 1.21 bits per heavy atom. The fraction of sp³-hybridized carbons (Fsp3) is 0.489. The number of piperidine rings is 2. The molecule has 4 amide bonds. The van der Waals surface area contributed by atoms with Gasteiger partial charge in [-0.25, -0.2) is 19.6 Å². The van der Waals surface area contributed by atoms with Gasteiger partial charge in [0.15, 0.2) is 0 Å². The van der Waals surface area contributed by atoms with E-state index >= 15 is 0 Å². The number of likely N-dealkylation sites (tertiary alicyclic amines) is 2. The first-order chi connectivity index (χ1) is 29.8. The van der Waals surface area contributed by atoms with Gasteiger partial charge in [-0.2, -0.15) is 0 Å². The van der Waals surface area contributed by atoms with E-state index in [9.17, 15) is 19.2 Å². The van der Waals surface area contributed by atoms with Crippen LogP contribution in [0.4, 0.5) is 9.59 Å². The number of alkyl carbamates (subject to hydrolysis) is 2. The van der Waals surface area contributed by atoms with Crippen LogP contribution < -0.4 is 10.6 Å². The number of benzene rings is 2. The number of furan rings is 1. The minimum Gasteiger partial charge on any atom is -0.463 e. The number of rotatable bonds is 11. The van der Waals surface area contributed by atoms with E-state index in [1.54, 1.807) is 6.26 Å². The van der Waals surface area contributed by atoms with Gasteiger partial charge in [-0.3, -0.25) is 9.59 Å². The number of carbonyl (C=O) groups is 4. The Morgan fingerprint density at radius 3 is 1.71 bits per heavy atom. The van der Waals surface area contributed by atoms with Crippen LogP contribution in [0.1, 0.15) is 83.4 Å². The number of hydrogen-bond donors (Lipinski definition) is 4. The predicted octanol–water partition coefficient (Wildman–Crippen LogP) is 7.62. The summed E-state index contributed by atoms with van der Waals surface area (Å²) in [7, 11) is 2.61. The largest absolute Gasteiger partial charge is 0.463 e. The molecule has 0 spiro atoms. The lowest BCUT2D eigenvalue weighted by atomic mass is 9.93. The van der Waals surface area contributed by atoms with Crippen LogP contribution in [0.15, 0.2) is 59.5 Å². The van der Waals surface area contributed by atoms with Crippen LogP contribution in [-0.2, 0) is 30.1 Å². The van der Waals surface area contributed by atoms with Crippen molar-refractivity contribution < 1.29 is 33.1 Å². The average Bonchev–Trinajstić information content (AvgIpc) is 4.14. The van der Waals surface area contributed by atoms with E-state index in [1.165, 1.54) is 14.2 Å². The Hall–Kier alpha value is -6.12. The Bertz CT molecular complexity index is 2540. The number of aromatic nitrogens is 4. The van der Waals surface area contributed by atoms with E-state index in [4.69, 9.17) is 23.9 Å². The molecular weight excluding hydrogens is 789 g/mol. The van der Waals surface area contributed by atoms with Crippen LogP contribution in [0.5, 0.6) is 0 Å². The van der Waals surface area contributed by atoms with Crippen molar-refractivity contribution in [1.29, 1.82) is 0 Å². The van der Waals surface area contributed by atoms with Gasteiger partial charge in [0.05, 0.1) is 44.3 Å². The van der Waals surface area contributed by atoms with Crippen molar-refractivity contribution in [2.45, 2.75) is 96.3 Å². The molecule has 9 rings (SSSR count). The first kappa shape index (κ1) is 41.2. The van der Waals surface area contributed by atoms with E-state index in [-0.39, 0.29) is 23.7 Å². The van der Waals surface area contributed by atoms with Gasteiger partial charge < -0.3 is 44.3 Å². The highest BCUT2D eigenvalue weighted by atomic mass is 16.5. The van der Waals surface area contributed by atoms with E-state index in [1.807, 2.05) is 56.8 Å². The molecule has 2 saturated heterocycles. The van der Waals surface area contributed by atoms with Gasteiger partial charge in [-0.15, -0.1) is 0 Å². The summed E-state index contributed by atoms with van der Waals surface area (Å²) < 4.78 is 16.0. The Kier molecular flexibility index (Phi) is 10.4. The number of nitrogens with zero attached hydrogens (tertiary/aromatic N) is 4. The number of aromatic amines is 2. The summed E-state index contributed by atoms with van der Waals surface area (Å²) in [6.07, 6.45) is 9.49. The fourth-order valence-corrected chi connectivity index (χ4v) is 10.9. The second-order valence-corrected chi connectivity index (χ2v) is 18.5. The molecule has 2 aliphatic carbocycles. The SMILES string of the molecule is COC(=O)N[C@H](C(=O)N1C[C@H]2CCC1(c1ncc(-c3ccc(-c4ccc(-c5cnc([C@]67CC[C@H](CN6C(=O)[C@@H](NC(=O)OC)C(C)C)C7)[nH]5)c5occ(C)c45)cc3)[nH]1)C2)C(C)C. The van der Waals surface area contributed by atoms with Crippen molar-refractivity contribution in [3.63, 3.8) is 0 Å². The van der Waals surface area contributed by atoms with Gasteiger partial charge in [-0.1, -0.05) is 58.0 Å². The molecule has 2 aromatic carbocycles. The molecule has 2 saturated carbocycles. The lowest BCUT2D eigenvalue weighted by Crippen LogP contribution is -2.56. The van der Waals surface area contributed by atoms with Crippen molar-refractivity contribution in [1.82, 2.24) is 40.4 Å². The lowest BCUT2D eigenvalue weighted by molar-refractivity contribution is -0.141. The monoisotopic (exact) mass is 844 g/mol. The minimum absolute atomic E-state index is 0.111. The van der Waals surface area contributed by atoms with Gasteiger partial charge in [0.2, 0.25) is 11.8 Å². The van der Waals surface area contributed by atoms with Crippen molar-refractivity contribution in [3.05, 3.63) is 72.3 Å². The molecule has 5 aromatic rings. The number of imidazole rings is 2. The number of nitrogens with one attached hydrogen (secondary N) is 4. The molecule has 15 nitrogen and oxygen atoms in total. The average molecular weight is 845 g/mol. The summed E-state index contributed by atoms with van der Waals surface area (Å²) in [5.41, 5.74) is 6.17. The molecule has 2 aliphatic heterocycles. The van der Waals surface area contributed by atoms with E-state index in [2.05, 4.69) is 57.0 Å². The summed E-state index contributed by atoms with van der Waals surface area (Å²) in [5, 5.41) is 6.53. The fourth-order valence-electron chi connectivity index (χ4n) is 10.9. The van der Waals surface area contributed by atoms with Crippen molar-refractivity contribution in [3.8, 4) is 33.6 Å². The summed E-state index contributed by atoms with van der Waals surface area (Å²) >= 11 is 0. The van der Waals surface area contributed by atoms with Crippen molar-refractivity contribution in [2.75, 3.05) is 27.3 Å². The summed E-state index contributed by atoms with van der Waals surface area (Å²) in [6, 6.07) is 11.1. The van der Waals surface area contributed by atoms with E-state index in [0.29, 0.717) is 24.9 Å². The lowest BCUT2D eigenvalue weighted by Gasteiger charge is -2.40. The number of fused-ring (bicyclic) bond motifs is 5. The number of H-pyrrole nitrogens is 2. The molecular formula is C47H56N8O7. The number of aryl methyl sites for hydroxylation is 1. The molecule has 3 aromatic heterocycles. The van der Waals surface area contributed by atoms with Gasteiger partial charge in [0.25, 0.3) is 0 Å². The van der Waals surface area contributed by atoms with Crippen molar-refractivity contribution in [2.24, 2.45) is 23.7 Å².